The van der Waals surface area contributed by atoms with Gasteiger partial charge in [-0.3, -0.25) is 9.59 Å². The second-order valence-electron chi connectivity index (χ2n) is 4.65. The standard InChI is InChI=1S/C12H22N2O2/c1-10(15)9-12(16)13-7-8-14(2)11-5-3-4-6-11/h11H,3-9H2,1-2H3,(H,13,16). The van der Waals surface area contributed by atoms with Crippen molar-refractivity contribution in [1.29, 1.82) is 0 Å². The van der Waals surface area contributed by atoms with Gasteiger partial charge < -0.3 is 10.2 Å². The van der Waals surface area contributed by atoms with E-state index >= 15 is 0 Å². The van der Waals surface area contributed by atoms with Crippen LogP contribution in [0.3, 0.4) is 0 Å². The number of nitrogens with zero attached hydrogens (tertiary/aromatic N) is 1. The fourth-order valence-corrected chi connectivity index (χ4v) is 2.19. The third-order valence-corrected chi connectivity index (χ3v) is 3.14. The van der Waals surface area contributed by atoms with E-state index in [1.165, 1.54) is 32.6 Å². The number of rotatable bonds is 6. The molecule has 0 aliphatic heterocycles. The summed E-state index contributed by atoms with van der Waals surface area (Å²) in [4.78, 5) is 24.2. The number of hydrogen-bond acceptors (Lipinski definition) is 3. The zero-order chi connectivity index (χ0) is 12.0. The number of carbonyl (C=O) groups excluding carboxylic acids is 2. The molecule has 0 aromatic heterocycles. The van der Waals surface area contributed by atoms with Crippen LogP contribution in [0.15, 0.2) is 0 Å². The summed E-state index contributed by atoms with van der Waals surface area (Å²) in [7, 11) is 2.10. The molecule has 92 valence electrons. The molecule has 0 saturated heterocycles. The van der Waals surface area contributed by atoms with E-state index in [-0.39, 0.29) is 18.1 Å². The highest BCUT2D eigenvalue weighted by Gasteiger charge is 2.18. The normalized spacial score (nSPS) is 16.7. The average molecular weight is 226 g/mol. The summed E-state index contributed by atoms with van der Waals surface area (Å²) in [6.07, 6.45) is 5.21. The van der Waals surface area contributed by atoms with Crippen molar-refractivity contribution in [2.45, 2.75) is 45.1 Å². The Hall–Kier alpha value is -0.900. The first-order valence-electron chi connectivity index (χ1n) is 6.06. The zero-order valence-corrected chi connectivity index (χ0v) is 10.3. The summed E-state index contributed by atoms with van der Waals surface area (Å²) in [5, 5.41) is 2.77. The Kier molecular flexibility index (Phi) is 5.46. The van der Waals surface area contributed by atoms with Crippen molar-refractivity contribution in [3.8, 4) is 0 Å². The maximum atomic E-state index is 11.2. The molecule has 0 spiro atoms. The Morgan fingerprint density at radius 3 is 2.50 bits per heavy atom. The van der Waals surface area contributed by atoms with Crippen LogP contribution < -0.4 is 5.32 Å². The third kappa shape index (κ3) is 4.75. The van der Waals surface area contributed by atoms with Crippen LogP contribution in [0.2, 0.25) is 0 Å². The molecule has 4 nitrogen and oxygen atoms in total. The molecule has 0 aromatic carbocycles. The highest BCUT2D eigenvalue weighted by molar-refractivity contribution is 5.96. The molecule has 0 aromatic rings. The molecule has 1 rings (SSSR count). The molecule has 1 amide bonds. The molecule has 1 fully saturated rings. The van der Waals surface area contributed by atoms with Crippen LogP contribution in [-0.4, -0.2) is 42.8 Å². The minimum Gasteiger partial charge on any atom is -0.354 e. The van der Waals surface area contributed by atoms with Crippen LogP contribution in [0.4, 0.5) is 0 Å². The van der Waals surface area contributed by atoms with Gasteiger partial charge in [0.05, 0.1) is 6.42 Å². The maximum absolute atomic E-state index is 11.2. The second-order valence-corrected chi connectivity index (χ2v) is 4.65. The van der Waals surface area contributed by atoms with Crippen molar-refractivity contribution < 1.29 is 9.59 Å². The van der Waals surface area contributed by atoms with Crippen LogP contribution in [0.5, 0.6) is 0 Å². The van der Waals surface area contributed by atoms with E-state index in [0.29, 0.717) is 12.6 Å². The summed E-state index contributed by atoms with van der Waals surface area (Å²) in [6.45, 7) is 2.94. The van der Waals surface area contributed by atoms with Crippen molar-refractivity contribution in [3.05, 3.63) is 0 Å². The molecule has 1 aliphatic rings. The molecule has 0 bridgehead atoms. The van der Waals surface area contributed by atoms with Gasteiger partial charge in [0.25, 0.3) is 0 Å². The summed E-state index contributed by atoms with van der Waals surface area (Å²) in [6, 6.07) is 0.685. The van der Waals surface area contributed by atoms with Gasteiger partial charge in [-0.25, -0.2) is 0 Å². The molecule has 1 N–H and O–H groups in total. The number of carbonyl (C=O) groups is 2. The lowest BCUT2D eigenvalue weighted by atomic mass is 10.2. The molecule has 4 heteroatoms. The predicted octanol–water partition coefficient (Wildman–Crippen LogP) is 0.956. The van der Waals surface area contributed by atoms with E-state index in [9.17, 15) is 9.59 Å². The molecule has 0 heterocycles. The Morgan fingerprint density at radius 1 is 1.31 bits per heavy atom. The van der Waals surface area contributed by atoms with Gasteiger partial charge in [0.2, 0.25) is 5.91 Å². The van der Waals surface area contributed by atoms with Crippen molar-refractivity contribution in [2.24, 2.45) is 0 Å². The first-order valence-corrected chi connectivity index (χ1v) is 6.06. The van der Waals surface area contributed by atoms with Gasteiger partial charge in [0, 0.05) is 19.1 Å². The van der Waals surface area contributed by atoms with Crippen molar-refractivity contribution in [3.63, 3.8) is 0 Å². The Labute approximate surface area is 97.4 Å². The fraction of sp³-hybridized carbons (Fsp3) is 0.833. The summed E-state index contributed by atoms with van der Waals surface area (Å²) < 4.78 is 0. The fourth-order valence-electron chi connectivity index (χ4n) is 2.19. The van der Waals surface area contributed by atoms with Crippen LogP contribution in [0.1, 0.15) is 39.0 Å². The number of ketones is 1. The average Bonchev–Trinajstić information content (AvgIpc) is 2.68. The Bertz CT molecular complexity index is 247. The predicted molar refractivity (Wildman–Crippen MR) is 63.2 cm³/mol. The van der Waals surface area contributed by atoms with Gasteiger partial charge in [-0.2, -0.15) is 0 Å². The molecule has 1 aliphatic carbocycles. The molecule has 0 radical (unpaired) electrons. The number of nitrogens with one attached hydrogen (secondary N) is 1. The van der Waals surface area contributed by atoms with Crippen LogP contribution in [0, 0.1) is 0 Å². The van der Waals surface area contributed by atoms with E-state index in [4.69, 9.17) is 0 Å². The largest absolute Gasteiger partial charge is 0.354 e. The topological polar surface area (TPSA) is 49.4 Å². The minimum atomic E-state index is -0.160. The van der Waals surface area contributed by atoms with Gasteiger partial charge in [-0.05, 0) is 26.8 Å². The molecule has 1 saturated carbocycles. The van der Waals surface area contributed by atoms with Crippen LogP contribution >= 0.6 is 0 Å². The Morgan fingerprint density at radius 2 is 1.94 bits per heavy atom. The lowest BCUT2D eigenvalue weighted by molar-refractivity contribution is -0.127. The smallest absolute Gasteiger partial charge is 0.227 e. The number of likely N-dealkylation sites (N-methyl/N-ethyl adjacent to an activating group) is 1. The monoisotopic (exact) mass is 226 g/mol. The molecular weight excluding hydrogens is 204 g/mol. The maximum Gasteiger partial charge on any atom is 0.227 e. The number of hydrogen-bond donors (Lipinski definition) is 1. The number of Topliss-reactive ketones (excluding diaryl/α,β-unsaturated/α-hetero) is 1. The third-order valence-electron chi connectivity index (χ3n) is 3.14. The highest BCUT2D eigenvalue weighted by atomic mass is 16.2. The summed E-state index contributed by atoms with van der Waals surface area (Å²) in [5.74, 6) is -0.242. The lowest BCUT2D eigenvalue weighted by Crippen LogP contribution is -2.37. The second kappa shape index (κ2) is 6.63. The van der Waals surface area contributed by atoms with E-state index in [1.54, 1.807) is 0 Å². The van der Waals surface area contributed by atoms with Gasteiger partial charge in [0.1, 0.15) is 5.78 Å². The van der Waals surface area contributed by atoms with Crippen molar-refractivity contribution in [2.75, 3.05) is 20.1 Å². The van der Waals surface area contributed by atoms with Gasteiger partial charge in [0.15, 0.2) is 0 Å². The van der Waals surface area contributed by atoms with Crippen LogP contribution in [0.25, 0.3) is 0 Å². The molecule has 16 heavy (non-hydrogen) atoms. The highest BCUT2D eigenvalue weighted by Crippen LogP contribution is 2.21. The van der Waals surface area contributed by atoms with Crippen molar-refractivity contribution >= 4 is 11.7 Å². The van der Waals surface area contributed by atoms with E-state index in [1.807, 2.05) is 0 Å². The molecule has 0 atom stereocenters. The zero-order valence-electron chi connectivity index (χ0n) is 10.3. The van der Waals surface area contributed by atoms with Crippen molar-refractivity contribution in [1.82, 2.24) is 10.2 Å². The SMILES string of the molecule is CC(=O)CC(=O)NCCN(C)C1CCCC1. The quantitative estimate of drug-likeness (QED) is 0.686. The molecular formula is C12H22N2O2. The summed E-state index contributed by atoms with van der Waals surface area (Å²) in [5.41, 5.74) is 0. The van der Waals surface area contributed by atoms with Crippen LogP contribution in [-0.2, 0) is 9.59 Å². The minimum absolute atomic E-state index is 0.00709. The van der Waals surface area contributed by atoms with Gasteiger partial charge in [-0.15, -0.1) is 0 Å². The number of amides is 1. The van der Waals surface area contributed by atoms with Gasteiger partial charge in [-0.1, -0.05) is 12.8 Å². The van der Waals surface area contributed by atoms with Gasteiger partial charge >= 0.3 is 0 Å². The first-order chi connectivity index (χ1) is 7.59. The summed E-state index contributed by atoms with van der Waals surface area (Å²) >= 11 is 0. The van der Waals surface area contributed by atoms with E-state index < -0.39 is 0 Å². The molecule has 0 unspecified atom stereocenters. The Balaban J connectivity index is 2.09. The first kappa shape index (κ1) is 13.2. The van der Waals surface area contributed by atoms with E-state index in [2.05, 4.69) is 17.3 Å². The lowest BCUT2D eigenvalue weighted by Gasteiger charge is -2.23. The van der Waals surface area contributed by atoms with E-state index in [0.717, 1.165) is 6.54 Å².